The zero-order valence-corrected chi connectivity index (χ0v) is 15.2. The zero-order valence-electron chi connectivity index (χ0n) is 15.2. The van der Waals surface area contributed by atoms with Crippen molar-refractivity contribution in [3.8, 4) is 0 Å². The first kappa shape index (κ1) is 16.6. The second-order valence-electron chi connectivity index (χ2n) is 6.93. The molecule has 0 saturated heterocycles. The number of hydrogen-bond acceptors (Lipinski definition) is 5. The third kappa shape index (κ3) is 2.48. The van der Waals surface area contributed by atoms with Crippen LogP contribution in [0.4, 0.5) is 0 Å². The molecule has 138 valence electrons. The van der Waals surface area contributed by atoms with Crippen LogP contribution >= 0.6 is 0 Å². The van der Waals surface area contributed by atoms with Crippen molar-refractivity contribution in [3.63, 3.8) is 0 Å². The van der Waals surface area contributed by atoms with Crippen LogP contribution in [0.25, 0.3) is 22.1 Å². The molecular weight excluding hydrogens is 352 g/mol. The molecule has 1 N–H and O–H groups in total. The molecule has 0 bridgehead atoms. The molecule has 5 aromatic rings. The van der Waals surface area contributed by atoms with Gasteiger partial charge in [0.15, 0.2) is 6.17 Å². The number of aliphatic hydroxyl groups is 1. The van der Waals surface area contributed by atoms with Crippen LogP contribution in [0.3, 0.4) is 0 Å². The van der Waals surface area contributed by atoms with Gasteiger partial charge in [0, 0.05) is 0 Å². The van der Waals surface area contributed by atoms with Gasteiger partial charge in [-0.05, 0) is 36.8 Å². The Balaban J connectivity index is 1.80. The average Bonchev–Trinajstić information content (AvgIpc) is 3.34. The number of nitrogens with zero attached hydrogens (tertiary/aromatic N) is 6. The first-order chi connectivity index (χ1) is 13.7. The van der Waals surface area contributed by atoms with Crippen LogP contribution in [0.2, 0.25) is 0 Å². The summed E-state index contributed by atoms with van der Waals surface area (Å²) in [5.74, 6) is 0. The number of hydrogen-bond donors (Lipinski definition) is 1. The second-order valence-corrected chi connectivity index (χ2v) is 6.93. The number of para-hydroxylation sites is 2. The van der Waals surface area contributed by atoms with Crippen molar-refractivity contribution in [2.45, 2.75) is 18.7 Å². The highest BCUT2D eigenvalue weighted by Crippen LogP contribution is 2.36. The van der Waals surface area contributed by atoms with E-state index in [1.54, 1.807) is 16.3 Å². The maximum Gasteiger partial charge on any atom is 0.180 e. The predicted molar refractivity (Wildman–Crippen MR) is 106 cm³/mol. The molecule has 1 unspecified atom stereocenters. The first-order valence-electron chi connectivity index (χ1n) is 9.04. The van der Waals surface area contributed by atoms with Crippen LogP contribution in [0.5, 0.6) is 0 Å². The molecule has 0 amide bonds. The molecule has 0 spiro atoms. The second kappa shape index (κ2) is 6.24. The Morgan fingerprint density at radius 3 is 1.71 bits per heavy atom. The van der Waals surface area contributed by atoms with E-state index in [2.05, 4.69) is 20.6 Å². The molecule has 0 saturated carbocycles. The van der Waals surface area contributed by atoms with Crippen LogP contribution in [0.15, 0.2) is 78.9 Å². The van der Waals surface area contributed by atoms with Crippen LogP contribution in [-0.2, 0) is 5.60 Å². The fraction of sp³-hybridized carbons (Fsp3) is 0.143. The molecule has 5 rings (SSSR count). The van der Waals surface area contributed by atoms with Gasteiger partial charge in [-0.15, -0.1) is 10.2 Å². The van der Waals surface area contributed by atoms with Gasteiger partial charge in [-0.25, -0.2) is 9.36 Å². The molecule has 7 heteroatoms. The van der Waals surface area contributed by atoms with Crippen molar-refractivity contribution < 1.29 is 5.11 Å². The van der Waals surface area contributed by atoms with E-state index in [0.717, 1.165) is 27.6 Å². The molecule has 2 heterocycles. The van der Waals surface area contributed by atoms with E-state index < -0.39 is 11.8 Å². The van der Waals surface area contributed by atoms with E-state index in [4.69, 9.17) is 0 Å². The third-order valence-corrected chi connectivity index (χ3v) is 5.08. The van der Waals surface area contributed by atoms with Crippen LogP contribution < -0.4 is 0 Å². The number of aromatic nitrogens is 6. The third-order valence-electron chi connectivity index (χ3n) is 5.08. The fourth-order valence-electron chi connectivity index (χ4n) is 3.64. The Labute approximate surface area is 160 Å². The average molecular weight is 370 g/mol. The monoisotopic (exact) mass is 370 g/mol. The molecule has 0 aliphatic heterocycles. The molecule has 1 atom stereocenters. The molecule has 0 radical (unpaired) electrons. The Kier molecular flexibility index (Phi) is 3.70. The maximum atomic E-state index is 11.7. The highest BCUT2D eigenvalue weighted by molar-refractivity contribution is 5.75. The van der Waals surface area contributed by atoms with Gasteiger partial charge in [0.2, 0.25) is 0 Å². The summed E-state index contributed by atoms with van der Waals surface area (Å²) in [5.41, 5.74) is 2.54. The van der Waals surface area contributed by atoms with Gasteiger partial charge in [-0.3, -0.25) is 0 Å². The normalized spacial score (nSPS) is 14.0. The lowest BCUT2D eigenvalue weighted by Gasteiger charge is -2.33. The number of rotatable bonds is 4. The van der Waals surface area contributed by atoms with Crippen molar-refractivity contribution in [3.05, 3.63) is 84.4 Å². The summed E-state index contributed by atoms with van der Waals surface area (Å²) >= 11 is 0. The number of fused-ring (bicyclic) bond motifs is 2. The quantitative estimate of drug-likeness (QED) is 0.526. The van der Waals surface area contributed by atoms with Crippen molar-refractivity contribution in [1.29, 1.82) is 0 Å². The highest BCUT2D eigenvalue weighted by atomic mass is 16.3. The smallest absolute Gasteiger partial charge is 0.180 e. The van der Waals surface area contributed by atoms with E-state index in [9.17, 15) is 5.11 Å². The zero-order chi connectivity index (χ0) is 19.1. The molecule has 0 aliphatic carbocycles. The standard InChI is InChI=1S/C21H18N6O/c1-21(28,15-9-3-2-4-10-15)20(26-18-13-7-5-11-16(18)22-24-26)27-19-14-8-6-12-17(19)23-25-27/h2-14,20,28H,1H3. The van der Waals surface area contributed by atoms with Crippen molar-refractivity contribution >= 4 is 22.1 Å². The van der Waals surface area contributed by atoms with E-state index in [1.165, 1.54) is 0 Å². The summed E-state index contributed by atoms with van der Waals surface area (Å²) in [6.07, 6.45) is -0.685. The molecule has 7 nitrogen and oxygen atoms in total. The van der Waals surface area contributed by atoms with E-state index in [1.807, 2.05) is 78.9 Å². The summed E-state index contributed by atoms with van der Waals surface area (Å²) < 4.78 is 3.42. The lowest BCUT2D eigenvalue weighted by atomic mass is 9.92. The molecule has 0 fully saturated rings. The summed E-state index contributed by atoms with van der Waals surface area (Å²) in [5, 5.41) is 29.0. The van der Waals surface area contributed by atoms with E-state index in [0.29, 0.717) is 0 Å². The molecule has 0 aliphatic rings. The minimum Gasteiger partial charge on any atom is -0.381 e. The topological polar surface area (TPSA) is 81.6 Å². The van der Waals surface area contributed by atoms with E-state index >= 15 is 0 Å². The molecule has 2 aromatic heterocycles. The van der Waals surface area contributed by atoms with Gasteiger partial charge in [0.25, 0.3) is 0 Å². The van der Waals surface area contributed by atoms with Gasteiger partial charge in [0.1, 0.15) is 16.6 Å². The highest BCUT2D eigenvalue weighted by Gasteiger charge is 2.40. The maximum absolute atomic E-state index is 11.7. The Bertz CT molecular complexity index is 1180. The molecule has 3 aromatic carbocycles. The minimum absolute atomic E-state index is 0.685. The first-order valence-corrected chi connectivity index (χ1v) is 9.04. The lowest BCUT2D eigenvalue weighted by molar-refractivity contribution is -0.0200. The van der Waals surface area contributed by atoms with Crippen molar-refractivity contribution in [1.82, 2.24) is 30.0 Å². The van der Waals surface area contributed by atoms with Gasteiger partial charge < -0.3 is 5.11 Å². The van der Waals surface area contributed by atoms with Crippen LogP contribution in [0, 0.1) is 0 Å². The van der Waals surface area contributed by atoms with Gasteiger partial charge in [0.05, 0.1) is 11.0 Å². The lowest BCUT2D eigenvalue weighted by Crippen LogP contribution is -2.40. The summed E-state index contributed by atoms with van der Waals surface area (Å²) in [6, 6.07) is 24.9. The van der Waals surface area contributed by atoms with Crippen molar-refractivity contribution in [2.24, 2.45) is 0 Å². The van der Waals surface area contributed by atoms with E-state index in [-0.39, 0.29) is 0 Å². The van der Waals surface area contributed by atoms with Crippen LogP contribution in [-0.4, -0.2) is 35.1 Å². The molecule has 28 heavy (non-hydrogen) atoms. The largest absolute Gasteiger partial charge is 0.381 e. The van der Waals surface area contributed by atoms with Gasteiger partial charge >= 0.3 is 0 Å². The predicted octanol–water partition coefficient (Wildman–Crippen LogP) is 3.13. The summed E-state index contributed by atoms with van der Waals surface area (Å²) in [6.45, 7) is 1.76. The minimum atomic E-state index is -1.33. The number of benzene rings is 3. The summed E-state index contributed by atoms with van der Waals surface area (Å²) in [7, 11) is 0. The Hall–Kier alpha value is -3.58. The van der Waals surface area contributed by atoms with Crippen molar-refractivity contribution in [2.75, 3.05) is 0 Å². The van der Waals surface area contributed by atoms with Gasteiger partial charge in [-0.1, -0.05) is 65.0 Å². The fourth-order valence-corrected chi connectivity index (χ4v) is 3.64. The SMILES string of the molecule is CC(O)(c1ccccc1)C(n1nnc2ccccc21)n1nnc2ccccc21. The Morgan fingerprint density at radius 1 is 0.714 bits per heavy atom. The summed E-state index contributed by atoms with van der Waals surface area (Å²) in [4.78, 5) is 0. The van der Waals surface area contributed by atoms with Gasteiger partial charge in [-0.2, -0.15) is 0 Å². The Morgan fingerprint density at radius 2 is 1.18 bits per heavy atom. The molecular formula is C21H18N6O. The van der Waals surface area contributed by atoms with Crippen LogP contribution in [0.1, 0.15) is 18.7 Å².